The normalized spacial score (nSPS) is 12.8. The average Bonchev–Trinajstić information content (AvgIpc) is 3.26. The van der Waals surface area contributed by atoms with Crippen molar-refractivity contribution in [3.63, 3.8) is 0 Å². The Morgan fingerprint density at radius 2 is 1.83 bits per heavy atom. The van der Waals surface area contributed by atoms with Gasteiger partial charge in [-0.3, -0.25) is 0 Å². The molecule has 0 bridgehead atoms. The highest BCUT2D eigenvalue weighted by molar-refractivity contribution is 6.24. The zero-order chi connectivity index (χ0) is 20.0. The van der Waals surface area contributed by atoms with E-state index in [2.05, 4.69) is 85.7 Å². The molecule has 0 unspecified atom stereocenters. The van der Waals surface area contributed by atoms with Gasteiger partial charge in [0.25, 0.3) is 0 Å². The van der Waals surface area contributed by atoms with Gasteiger partial charge in [0, 0.05) is 21.9 Å². The minimum Gasteiger partial charge on any atom is -0.455 e. The van der Waals surface area contributed by atoms with Crippen molar-refractivity contribution in [3.8, 4) is 0 Å². The smallest absolute Gasteiger partial charge is 0.145 e. The summed E-state index contributed by atoms with van der Waals surface area (Å²) in [6.45, 7) is 8.05. The zero-order valence-electron chi connectivity index (χ0n) is 16.8. The van der Waals surface area contributed by atoms with Crippen molar-refractivity contribution in [1.82, 2.24) is 4.57 Å². The van der Waals surface area contributed by atoms with Crippen molar-refractivity contribution in [3.05, 3.63) is 91.0 Å². The van der Waals surface area contributed by atoms with Crippen LogP contribution in [0.4, 0.5) is 0 Å². The van der Waals surface area contributed by atoms with E-state index in [9.17, 15) is 0 Å². The minimum atomic E-state index is 0.849. The first kappa shape index (κ1) is 17.6. The largest absolute Gasteiger partial charge is 0.455 e. The fourth-order valence-electron chi connectivity index (χ4n) is 4.26. The van der Waals surface area contributed by atoms with E-state index in [0.717, 1.165) is 39.6 Å². The molecular formula is C27H23NO. The molecule has 3 aromatic carbocycles. The monoisotopic (exact) mass is 377 g/mol. The van der Waals surface area contributed by atoms with E-state index in [1.807, 2.05) is 18.2 Å². The van der Waals surface area contributed by atoms with E-state index >= 15 is 0 Å². The summed E-state index contributed by atoms with van der Waals surface area (Å²) in [5.74, 6) is 0. The van der Waals surface area contributed by atoms with Crippen LogP contribution in [0.25, 0.3) is 49.4 Å². The SMILES string of the molecule is C=CC/C=C\C(=C/C)n1c2cc(C)ccc2c2c3oc4ccccc4c3ccc21. The van der Waals surface area contributed by atoms with Crippen molar-refractivity contribution in [2.24, 2.45) is 0 Å². The Bertz CT molecular complexity index is 1460. The second kappa shape index (κ2) is 6.82. The van der Waals surface area contributed by atoms with Gasteiger partial charge >= 0.3 is 0 Å². The Hall–Kier alpha value is -3.52. The lowest BCUT2D eigenvalue weighted by Crippen LogP contribution is -1.94. The number of hydrogen-bond acceptors (Lipinski definition) is 1. The number of hydrogen-bond donors (Lipinski definition) is 0. The molecule has 0 aliphatic rings. The van der Waals surface area contributed by atoms with Gasteiger partial charge in [-0.1, -0.05) is 48.6 Å². The number of allylic oxidation sites excluding steroid dienone is 5. The van der Waals surface area contributed by atoms with Gasteiger partial charge in [0.2, 0.25) is 0 Å². The molecule has 0 radical (unpaired) electrons. The molecule has 2 heterocycles. The number of rotatable bonds is 4. The van der Waals surface area contributed by atoms with Gasteiger partial charge in [0.05, 0.1) is 16.4 Å². The van der Waals surface area contributed by atoms with Crippen LogP contribution >= 0.6 is 0 Å². The predicted octanol–water partition coefficient (Wildman–Crippen LogP) is 8.00. The number of para-hydroxylation sites is 1. The highest BCUT2D eigenvalue weighted by Gasteiger charge is 2.18. The highest BCUT2D eigenvalue weighted by atomic mass is 16.3. The van der Waals surface area contributed by atoms with Crippen LogP contribution in [0.1, 0.15) is 18.9 Å². The maximum absolute atomic E-state index is 6.37. The van der Waals surface area contributed by atoms with Crippen molar-refractivity contribution in [2.45, 2.75) is 20.3 Å². The van der Waals surface area contributed by atoms with Gasteiger partial charge in [-0.25, -0.2) is 0 Å². The second-order valence-electron chi connectivity index (χ2n) is 7.43. The summed E-state index contributed by atoms with van der Waals surface area (Å²) >= 11 is 0. The van der Waals surface area contributed by atoms with Crippen molar-refractivity contribution < 1.29 is 4.42 Å². The van der Waals surface area contributed by atoms with E-state index in [4.69, 9.17) is 4.42 Å². The molecule has 0 N–H and O–H groups in total. The molecule has 5 aromatic rings. The molecule has 0 aliphatic carbocycles. The summed E-state index contributed by atoms with van der Waals surface area (Å²) in [6, 6.07) is 19.3. The third kappa shape index (κ3) is 2.64. The predicted molar refractivity (Wildman–Crippen MR) is 125 cm³/mol. The number of nitrogens with zero attached hydrogens (tertiary/aromatic N) is 1. The van der Waals surface area contributed by atoms with Crippen molar-refractivity contribution >= 4 is 49.4 Å². The summed E-state index contributed by atoms with van der Waals surface area (Å²) < 4.78 is 8.70. The molecule has 2 heteroatoms. The van der Waals surface area contributed by atoms with Gasteiger partial charge < -0.3 is 8.98 Å². The lowest BCUT2D eigenvalue weighted by atomic mass is 10.1. The van der Waals surface area contributed by atoms with Crippen LogP contribution in [-0.2, 0) is 0 Å². The Balaban J connectivity index is 1.94. The maximum Gasteiger partial charge on any atom is 0.145 e. The van der Waals surface area contributed by atoms with Crippen LogP contribution in [0.5, 0.6) is 0 Å². The molecule has 142 valence electrons. The second-order valence-corrected chi connectivity index (χ2v) is 7.43. The van der Waals surface area contributed by atoms with Crippen LogP contribution in [0.15, 0.2) is 89.9 Å². The quantitative estimate of drug-likeness (QED) is 0.229. The van der Waals surface area contributed by atoms with Gasteiger partial charge in [0.1, 0.15) is 11.2 Å². The summed E-state index contributed by atoms with van der Waals surface area (Å²) in [7, 11) is 0. The standard InChI is InChI=1S/C27H23NO/c1-4-6-7-10-19(5-2)28-23-16-15-21-20-11-8-9-12-25(20)29-27(21)26(23)22-14-13-18(3)17-24(22)28/h4-5,7-17H,1,6H2,2-3H3/b10-7-,19-5+. The minimum absolute atomic E-state index is 0.849. The molecule has 0 atom stereocenters. The molecule has 0 spiro atoms. The Kier molecular flexibility index (Phi) is 4.13. The zero-order valence-corrected chi connectivity index (χ0v) is 16.8. The van der Waals surface area contributed by atoms with Gasteiger partial charge in [0.15, 0.2) is 0 Å². The number of benzene rings is 3. The fraction of sp³-hybridized carbons (Fsp3) is 0.111. The van der Waals surface area contributed by atoms with Crippen LogP contribution in [0.2, 0.25) is 0 Å². The average molecular weight is 377 g/mol. The van der Waals surface area contributed by atoms with Gasteiger partial charge in [-0.05, 0) is 56.2 Å². The molecule has 0 saturated heterocycles. The summed E-state index contributed by atoms with van der Waals surface area (Å²) in [5.41, 5.74) is 6.64. The first-order chi connectivity index (χ1) is 14.2. The Morgan fingerprint density at radius 3 is 2.66 bits per heavy atom. The van der Waals surface area contributed by atoms with Gasteiger partial charge in [-0.15, -0.1) is 6.58 Å². The molecule has 5 rings (SSSR count). The number of furan rings is 1. The molecule has 0 saturated carbocycles. The molecule has 0 fully saturated rings. The van der Waals surface area contributed by atoms with E-state index in [1.54, 1.807) is 0 Å². The van der Waals surface area contributed by atoms with Crippen molar-refractivity contribution in [2.75, 3.05) is 0 Å². The van der Waals surface area contributed by atoms with Crippen LogP contribution in [0, 0.1) is 6.92 Å². The molecule has 29 heavy (non-hydrogen) atoms. The van der Waals surface area contributed by atoms with Crippen molar-refractivity contribution in [1.29, 1.82) is 0 Å². The molecule has 0 amide bonds. The van der Waals surface area contributed by atoms with E-state index < -0.39 is 0 Å². The Morgan fingerprint density at radius 1 is 1.00 bits per heavy atom. The third-order valence-electron chi connectivity index (χ3n) is 5.57. The fourth-order valence-corrected chi connectivity index (χ4v) is 4.26. The number of aryl methyl sites for hydroxylation is 1. The lowest BCUT2D eigenvalue weighted by molar-refractivity contribution is 0.673. The maximum atomic E-state index is 6.37. The third-order valence-corrected chi connectivity index (χ3v) is 5.57. The van der Waals surface area contributed by atoms with E-state index in [0.29, 0.717) is 0 Å². The topological polar surface area (TPSA) is 18.1 Å². The van der Waals surface area contributed by atoms with Crippen LogP contribution < -0.4 is 0 Å². The number of aromatic nitrogens is 1. The first-order valence-corrected chi connectivity index (χ1v) is 10.0. The van der Waals surface area contributed by atoms with E-state index in [1.165, 1.54) is 21.9 Å². The van der Waals surface area contributed by atoms with Crippen LogP contribution in [-0.4, -0.2) is 4.57 Å². The van der Waals surface area contributed by atoms with Gasteiger partial charge in [-0.2, -0.15) is 0 Å². The molecular weight excluding hydrogens is 354 g/mol. The van der Waals surface area contributed by atoms with E-state index in [-0.39, 0.29) is 0 Å². The summed E-state index contributed by atoms with van der Waals surface area (Å²) in [6.07, 6.45) is 9.24. The number of fused-ring (bicyclic) bond motifs is 7. The molecule has 2 nitrogen and oxygen atoms in total. The first-order valence-electron chi connectivity index (χ1n) is 10.0. The molecule has 2 aromatic heterocycles. The lowest BCUT2D eigenvalue weighted by Gasteiger charge is -2.09. The van der Waals surface area contributed by atoms with Crippen LogP contribution in [0.3, 0.4) is 0 Å². The molecule has 0 aliphatic heterocycles. The Labute approximate surface area is 170 Å². The summed E-state index contributed by atoms with van der Waals surface area (Å²) in [5, 5.41) is 4.71. The summed E-state index contributed by atoms with van der Waals surface area (Å²) in [4.78, 5) is 0. The highest BCUT2D eigenvalue weighted by Crippen LogP contribution is 2.40.